The zero-order valence-electron chi connectivity index (χ0n) is 14.8. The van der Waals surface area contributed by atoms with Gasteiger partial charge in [-0.2, -0.15) is 0 Å². The zero-order valence-corrected chi connectivity index (χ0v) is 16.9. The number of piperidine rings is 1. The van der Waals surface area contributed by atoms with Crippen LogP contribution in [0.25, 0.3) is 10.8 Å². The van der Waals surface area contributed by atoms with Gasteiger partial charge in [0.25, 0.3) is 0 Å². The minimum atomic E-state index is -0.464. The van der Waals surface area contributed by atoms with Crippen molar-refractivity contribution in [2.24, 2.45) is 0 Å². The molecule has 1 aromatic heterocycles. The van der Waals surface area contributed by atoms with Crippen LogP contribution in [-0.4, -0.2) is 40.8 Å². The lowest BCUT2D eigenvalue weighted by Gasteiger charge is -2.33. The molecule has 0 bridgehead atoms. The van der Waals surface area contributed by atoms with Crippen LogP contribution in [0.15, 0.2) is 30.3 Å². The van der Waals surface area contributed by atoms with Crippen LogP contribution in [0, 0.1) is 3.70 Å². The van der Waals surface area contributed by atoms with Crippen LogP contribution < -0.4 is 4.74 Å². The van der Waals surface area contributed by atoms with Gasteiger partial charge in [0, 0.05) is 31.3 Å². The standard InChI is InChI=1S/C19H23IN2O3/c1-19(2,3)25-18(23)22-10-8-14(9-11-22)24-17-15-7-5-4-6-13(15)12-16(20)21-17/h4-7,12,14H,8-11H2,1-3H3. The number of halogens is 1. The number of pyridine rings is 1. The molecule has 5 nitrogen and oxygen atoms in total. The van der Waals surface area contributed by atoms with E-state index in [1.807, 2.05) is 45.0 Å². The molecule has 0 unspecified atom stereocenters. The number of hydrogen-bond donors (Lipinski definition) is 0. The SMILES string of the molecule is CC(C)(C)OC(=O)N1CCC(Oc2nc(I)cc3ccccc23)CC1. The van der Waals surface area contributed by atoms with Crippen molar-refractivity contribution in [1.29, 1.82) is 0 Å². The third-order valence-corrected chi connectivity index (χ3v) is 4.60. The Morgan fingerprint density at radius 1 is 1.24 bits per heavy atom. The van der Waals surface area contributed by atoms with Gasteiger partial charge in [-0.05, 0) is 60.9 Å². The predicted octanol–water partition coefficient (Wildman–Crippen LogP) is 4.62. The Kier molecular flexibility index (Phi) is 5.36. The first-order valence-corrected chi connectivity index (χ1v) is 9.59. The van der Waals surface area contributed by atoms with Crippen molar-refractivity contribution in [3.63, 3.8) is 0 Å². The Balaban J connectivity index is 1.64. The first-order valence-electron chi connectivity index (χ1n) is 8.52. The van der Waals surface area contributed by atoms with Gasteiger partial charge >= 0.3 is 6.09 Å². The summed E-state index contributed by atoms with van der Waals surface area (Å²) < 4.78 is 12.5. The maximum Gasteiger partial charge on any atom is 0.410 e. The van der Waals surface area contributed by atoms with E-state index in [1.165, 1.54) is 0 Å². The lowest BCUT2D eigenvalue weighted by molar-refractivity contribution is 0.0124. The van der Waals surface area contributed by atoms with E-state index in [0.717, 1.165) is 27.3 Å². The van der Waals surface area contributed by atoms with Gasteiger partial charge in [0.1, 0.15) is 15.4 Å². The van der Waals surface area contributed by atoms with Gasteiger partial charge in [0.2, 0.25) is 5.88 Å². The van der Waals surface area contributed by atoms with Gasteiger partial charge in [-0.15, -0.1) is 0 Å². The zero-order chi connectivity index (χ0) is 18.0. The number of likely N-dealkylation sites (tertiary alicyclic amines) is 1. The molecule has 0 atom stereocenters. The van der Waals surface area contributed by atoms with Crippen molar-refractivity contribution in [3.05, 3.63) is 34.0 Å². The second-order valence-electron chi connectivity index (χ2n) is 7.26. The molecule has 0 saturated carbocycles. The summed E-state index contributed by atoms with van der Waals surface area (Å²) in [4.78, 5) is 18.5. The highest BCUT2D eigenvalue weighted by molar-refractivity contribution is 14.1. The monoisotopic (exact) mass is 454 g/mol. The summed E-state index contributed by atoms with van der Waals surface area (Å²) in [6.45, 7) is 6.93. The fourth-order valence-electron chi connectivity index (χ4n) is 2.87. The van der Waals surface area contributed by atoms with E-state index in [9.17, 15) is 4.79 Å². The molecule has 2 aromatic rings. The molecule has 6 heteroatoms. The van der Waals surface area contributed by atoms with Gasteiger partial charge in [0.15, 0.2) is 0 Å². The molecule has 1 saturated heterocycles. The smallest absolute Gasteiger partial charge is 0.410 e. The van der Waals surface area contributed by atoms with Crippen LogP contribution in [-0.2, 0) is 4.74 Å². The maximum atomic E-state index is 12.1. The molecule has 3 rings (SSSR count). The average Bonchev–Trinajstić information content (AvgIpc) is 2.53. The van der Waals surface area contributed by atoms with Crippen LogP contribution in [0.1, 0.15) is 33.6 Å². The normalized spacial score (nSPS) is 16.1. The van der Waals surface area contributed by atoms with E-state index in [-0.39, 0.29) is 12.2 Å². The molecule has 0 spiro atoms. The van der Waals surface area contributed by atoms with E-state index in [1.54, 1.807) is 4.90 Å². The summed E-state index contributed by atoms with van der Waals surface area (Å²) in [6.07, 6.45) is 1.37. The summed E-state index contributed by atoms with van der Waals surface area (Å²) >= 11 is 2.21. The molecule has 1 aliphatic heterocycles. The van der Waals surface area contributed by atoms with Crippen molar-refractivity contribution in [3.8, 4) is 5.88 Å². The van der Waals surface area contributed by atoms with Gasteiger partial charge < -0.3 is 14.4 Å². The molecule has 0 radical (unpaired) electrons. The molecule has 2 heterocycles. The molecule has 1 fully saturated rings. The Bertz CT molecular complexity index is 765. The number of carbonyl (C=O) groups excluding carboxylic acids is 1. The van der Waals surface area contributed by atoms with Crippen molar-refractivity contribution in [2.75, 3.05) is 13.1 Å². The molecule has 134 valence electrons. The maximum absolute atomic E-state index is 12.1. The number of nitrogens with zero attached hydrogens (tertiary/aromatic N) is 2. The molecule has 0 aliphatic carbocycles. The van der Waals surface area contributed by atoms with Crippen LogP contribution in [0.5, 0.6) is 5.88 Å². The number of fused-ring (bicyclic) bond motifs is 1. The van der Waals surface area contributed by atoms with Crippen molar-refractivity contribution in [2.45, 2.75) is 45.3 Å². The fraction of sp³-hybridized carbons (Fsp3) is 0.474. The third kappa shape index (κ3) is 4.74. The summed E-state index contributed by atoms with van der Waals surface area (Å²) in [7, 11) is 0. The lowest BCUT2D eigenvalue weighted by atomic mass is 10.1. The number of hydrogen-bond acceptors (Lipinski definition) is 4. The van der Waals surface area contributed by atoms with Crippen LogP contribution in [0.3, 0.4) is 0 Å². The van der Waals surface area contributed by atoms with Gasteiger partial charge in [-0.1, -0.05) is 18.2 Å². The van der Waals surface area contributed by atoms with E-state index in [2.05, 4.69) is 33.6 Å². The van der Waals surface area contributed by atoms with E-state index >= 15 is 0 Å². The number of ether oxygens (including phenoxy) is 2. The number of benzene rings is 1. The van der Waals surface area contributed by atoms with E-state index < -0.39 is 5.60 Å². The van der Waals surface area contributed by atoms with Crippen LogP contribution >= 0.6 is 22.6 Å². The van der Waals surface area contributed by atoms with Crippen LogP contribution in [0.4, 0.5) is 4.79 Å². The Labute approximate surface area is 161 Å². The molecule has 1 aliphatic rings. The fourth-order valence-corrected chi connectivity index (χ4v) is 3.42. The number of amides is 1. The Morgan fingerprint density at radius 2 is 1.92 bits per heavy atom. The molecule has 1 aromatic carbocycles. The van der Waals surface area contributed by atoms with Crippen LogP contribution in [0.2, 0.25) is 0 Å². The Morgan fingerprint density at radius 3 is 2.60 bits per heavy atom. The van der Waals surface area contributed by atoms with E-state index in [0.29, 0.717) is 19.0 Å². The van der Waals surface area contributed by atoms with Crippen molar-refractivity contribution >= 4 is 39.5 Å². The van der Waals surface area contributed by atoms with Crippen molar-refractivity contribution in [1.82, 2.24) is 9.88 Å². The second kappa shape index (κ2) is 7.35. The molecule has 0 N–H and O–H groups in total. The Hall–Kier alpha value is -1.57. The highest BCUT2D eigenvalue weighted by Gasteiger charge is 2.28. The average molecular weight is 454 g/mol. The van der Waals surface area contributed by atoms with Gasteiger partial charge in [-0.3, -0.25) is 0 Å². The molecular formula is C19H23IN2O3. The van der Waals surface area contributed by atoms with Gasteiger partial charge in [-0.25, -0.2) is 9.78 Å². The predicted molar refractivity (Wildman–Crippen MR) is 106 cm³/mol. The minimum Gasteiger partial charge on any atom is -0.474 e. The highest BCUT2D eigenvalue weighted by Crippen LogP contribution is 2.28. The summed E-state index contributed by atoms with van der Waals surface area (Å²) in [5, 5.41) is 2.15. The first kappa shape index (κ1) is 18.2. The largest absolute Gasteiger partial charge is 0.474 e. The summed E-state index contributed by atoms with van der Waals surface area (Å²) in [5.74, 6) is 0.679. The van der Waals surface area contributed by atoms with Gasteiger partial charge in [0.05, 0.1) is 0 Å². The topological polar surface area (TPSA) is 51.7 Å². The second-order valence-corrected chi connectivity index (χ2v) is 8.36. The molecule has 25 heavy (non-hydrogen) atoms. The molecule has 1 amide bonds. The minimum absolute atomic E-state index is 0.0628. The number of rotatable bonds is 2. The summed E-state index contributed by atoms with van der Waals surface area (Å²) in [5.41, 5.74) is -0.464. The number of carbonyl (C=O) groups is 1. The third-order valence-electron chi connectivity index (χ3n) is 4.05. The molecular weight excluding hydrogens is 431 g/mol. The van der Waals surface area contributed by atoms with E-state index in [4.69, 9.17) is 9.47 Å². The lowest BCUT2D eigenvalue weighted by Crippen LogP contribution is -2.44. The number of aromatic nitrogens is 1. The highest BCUT2D eigenvalue weighted by atomic mass is 127. The summed E-state index contributed by atoms with van der Waals surface area (Å²) in [6, 6.07) is 10.2. The first-order chi connectivity index (χ1) is 11.8. The van der Waals surface area contributed by atoms with Crippen molar-refractivity contribution < 1.29 is 14.3 Å². The quantitative estimate of drug-likeness (QED) is 0.491.